The summed E-state index contributed by atoms with van der Waals surface area (Å²) in [5, 5.41) is 7.50. The van der Waals surface area contributed by atoms with Gasteiger partial charge >= 0.3 is 0 Å². The fourth-order valence-electron chi connectivity index (χ4n) is 4.72. The van der Waals surface area contributed by atoms with Crippen LogP contribution in [-0.4, -0.2) is 50.5 Å². The number of anilines is 2. The summed E-state index contributed by atoms with van der Waals surface area (Å²) in [6.45, 7) is 0. The zero-order valence-corrected chi connectivity index (χ0v) is 24.2. The Kier molecular flexibility index (Phi) is 8.03. The molecule has 12 nitrogen and oxygen atoms in total. The van der Waals surface area contributed by atoms with Crippen LogP contribution in [0.2, 0.25) is 0 Å². The van der Waals surface area contributed by atoms with Gasteiger partial charge in [-0.3, -0.25) is 39.0 Å². The second kappa shape index (κ2) is 12.5. The third-order valence-corrected chi connectivity index (χ3v) is 6.78. The number of carbonyl (C=O) groups excluding carboxylic acids is 2. The molecule has 0 spiro atoms. The van der Waals surface area contributed by atoms with E-state index in [9.17, 15) is 9.59 Å². The summed E-state index contributed by atoms with van der Waals surface area (Å²) in [7, 11) is 0. The lowest BCUT2D eigenvalue weighted by atomic mass is 10.2. The number of nitrogens with zero attached hydrogens (tertiary/aromatic N) is 8. The molecule has 13 heteroatoms. The average Bonchev–Trinajstić information content (AvgIpc) is 3.78. The van der Waals surface area contributed by atoms with E-state index in [1.54, 1.807) is 70.2 Å². The summed E-state index contributed by atoms with van der Waals surface area (Å²) in [5.74, 6) is 0.344. The van der Waals surface area contributed by atoms with Crippen molar-refractivity contribution in [2.75, 3.05) is 10.6 Å². The lowest BCUT2D eigenvalue weighted by Crippen LogP contribution is -2.15. The van der Waals surface area contributed by atoms with Crippen LogP contribution in [0, 0.1) is 0 Å². The molecule has 0 aliphatic rings. The zero-order valence-electron chi connectivity index (χ0n) is 23.3. The molecule has 8 aromatic rings. The number of hydrogen-bond acceptors (Lipinski definition) is 8. The van der Waals surface area contributed by atoms with Gasteiger partial charge in [0.15, 0.2) is 0 Å². The molecule has 6 aromatic heterocycles. The molecule has 0 unspecified atom stereocenters. The number of halogens is 1. The van der Waals surface area contributed by atoms with E-state index in [2.05, 4.69) is 40.5 Å². The number of amides is 2. The van der Waals surface area contributed by atoms with Gasteiger partial charge in [0.1, 0.15) is 11.3 Å². The number of hydrogen-bond donors (Lipinski definition) is 2. The molecule has 0 radical (unpaired) electrons. The molecule has 0 fully saturated rings. The number of aromatic nitrogens is 8. The van der Waals surface area contributed by atoms with Gasteiger partial charge in [-0.15, -0.1) is 12.4 Å². The minimum Gasteiger partial charge on any atom is -0.291 e. The van der Waals surface area contributed by atoms with Crippen molar-refractivity contribution in [2.45, 2.75) is 0 Å². The Morgan fingerprint density at radius 3 is 1.42 bits per heavy atom. The van der Waals surface area contributed by atoms with Crippen molar-refractivity contribution in [3.8, 4) is 0 Å². The summed E-state index contributed by atoms with van der Waals surface area (Å²) >= 11 is 0. The first kappa shape index (κ1) is 28.8. The van der Waals surface area contributed by atoms with E-state index in [-0.39, 0.29) is 24.2 Å². The van der Waals surface area contributed by atoms with Crippen LogP contribution in [0.25, 0.3) is 33.1 Å². The van der Waals surface area contributed by atoms with Crippen LogP contribution in [0.5, 0.6) is 0 Å². The largest absolute Gasteiger partial charge is 0.291 e. The SMILES string of the molecule is Cl.O=C(Nc1nc2ccccc2c2nccn12)c1cccnc1.O=C(Nc1nc2ccccc2c2nccn12)c1cccnc1. The van der Waals surface area contributed by atoms with Crippen molar-refractivity contribution in [2.24, 2.45) is 0 Å². The smallest absolute Gasteiger partial charge is 0.259 e. The maximum Gasteiger partial charge on any atom is 0.259 e. The quantitative estimate of drug-likeness (QED) is 0.265. The Morgan fingerprint density at radius 1 is 0.556 bits per heavy atom. The summed E-state index contributed by atoms with van der Waals surface area (Å²) in [4.78, 5) is 50.2. The first-order valence-electron chi connectivity index (χ1n) is 13.5. The number of carbonyl (C=O) groups is 2. The molecule has 0 bridgehead atoms. The van der Waals surface area contributed by atoms with Crippen LogP contribution in [0.15, 0.2) is 122 Å². The molecule has 0 atom stereocenters. The molecule has 0 aliphatic carbocycles. The predicted octanol–water partition coefficient (Wildman–Crippen LogP) is 5.48. The van der Waals surface area contributed by atoms with Gasteiger partial charge in [0.25, 0.3) is 11.8 Å². The van der Waals surface area contributed by atoms with E-state index in [1.807, 2.05) is 48.5 Å². The molecule has 2 aromatic carbocycles. The number of para-hydroxylation sites is 2. The molecule has 0 saturated heterocycles. The van der Waals surface area contributed by atoms with Gasteiger partial charge in [0.05, 0.1) is 22.2 Å². The third-order valence-electron chi connectivity index (χ3n) is 6.78. The zero-order chi connectivity index (χ0) is 29.9. The molecular formula is C32H23ClN10O2. The first-order valence-corrected chi connectivity index (χ1v) is 13.5. The van der Waals surface area contributed by atoms with Gasteiger partial charge in [0.2, 0.25) is 11.9 Å². The fourth-order valence-corrected chi connectivity index (χ4v) is 4.72. The van der Waals surface area contributed by atoms with Crippen LogP contribution in [0.3, 0.4) is 0 Å². The Hall–Kier alpha value is -6.27. The standard InChI is InChI=1S/2C16H11N5O.ClH/c2*22-15(11-4-3-7-17-10-11)20-16-19-13-6-2-1-5-12(13)14-18-8-9-21(14)16;/h2*1-10H,(H,19,20,22);1H. The monoisotopic (exact) mass is 614 g/mol. The number of nitrogens with one attached hydrogen (secondary N) is 2. The molecule has 2 N–H and O–H groups in total. The van der Waals surface area contributed by atoms with Gasteiger partial charge in [-0.1, -0.05) is 24.3 Å². The summed E-state index contributed by atoms with van der Waals surface area (Å²) in [6.07, 6.45) is 13.2. The number of benzene rings is 2. The fraction of sp³-hybridized carbons (Fsp3) is 0. The van der Waals surface area contributed by atoms with Crippen molar-refractivity contribution >= 4 is 69.2 Å². The van der Waals surface area contributed by atoms with Crippen LogP contribution in [-0.2, 0) is 0 Å². The highest BCUT2D eigenvalue weighted by atomic mass is 35.5. The Bertz CT molecular complexity index is 2130. The van der Waals surface area contributed by atoms with Crippen molar-refractivity contribution in [1.82, 2.24) is 38.7 Å². The van der Waals surface area contributed by atoms with Crippen molar-refractivity contribution in [3.63, 3.8) is 0 Å². The van der Waals surface area contributed by atoms with E-state index in [0.717, 1.165) is 33.1 Å². The molecule has 45 heavy (non-hydrogen) atoms. The summed E-state index contributed by atoms with van der Waals surface area (Å²) in [6, 6.07) is 22.2. The van der Waals surface area contributed by atoms with Crippen LogP contribution < -0.4 is 10.6 Å². The minimum atomic E-state index is -0.258. The second-order valence-corrected chi connectivity index (χ2v) is 9.54. The normalized spacial score (nSPS) is 10.7. The Morgan fingerprint density at radius 2 is 1.00 bits per heavy atom. The topological polar surface area (TPSA) is 144 Å². The van der Waals surface area contributed by atoms with Crippen LogP contribution >= 0.6 is 12.4 Å². The number of pyridine rings is 2. The molecule has 2 amide bonds. The van der Waals surface area contributed by atoms with Gasteiger partial charge in [-0.25, -0.2) is 19.9 Å². The minimum absolute atomic E-state index is 0. The van der Waals surface area contributed by atoms with Crippen LogP contribution in [0.1, 0.15) is 20.7 Å². The van der Waals surface area contributed by atoms with Crippen LogP contribution in [0.4, 0.5) is 11.9 Å². The number of rotatable bonds is 4. The van der Waals surface area contributed by atoms with E-state index in [4.69, 9.17) is 0 Å². The first-order chi connectivity index (χ1) is 21.7. The Labute approximate surface area is 261 Å². The van der Waals surface area contributed by atoms with Gasteiger partial charge < -0.3 is 0 Å². The second-order valence-electron chi connectivity index (χ2n) is 9.54. The average molecular weight is 615 g/mol. The Balaban J connectivity index is 0.000000155. The highest BCUT2D eigenvalue weighted by molar-refractivity contribution is 6.05. The van der Waals surface area contributed by atoms with Gasteiger partial charge in [0, 0.05) is 60.3 Å². The predicted molar refractivity (Wildman–Crippen MR) is 173 cm³/mol. The summed E-state index contributed by atoms with van der Waals surface area (Å²) < 4.78 is 3.52. The van der Waals surface area contributed by atoms with E-state index in [0.29, 0.717) is 23.0 Å². The molecular weight excluding hydrogens is 592 g/mol. The highest BCUT2D eigenvalue weighted by Crippen LogP contribution is 2.22. The van der Waals surface area contributed by atoms with E-state index in [1.165, 1.54) is 12.4 Å². The summed E-state index contributed by atoms with van der Waals surface area (Å²) in [5.41, 5.74) is 4.03. The molecule has 6 heterocycles. The van der Waals surface area contributed by atoms with Crippen molar-refractivity contribution < 1.29 is 9.59 Å². The van der Waals surface area contributed by atoms with Crippen molar-refractivity contribution in [1.29, 1.82) is 0 Å². The molecule has 220 valence electrons. The third kappa shape index (κ3) is 5.72. The maximum absolute atomic E-state index is 12.3. The molecule has 0 aliphatic heterocycles. The highest BCUT2D eigenvalue weighted by Gasteiger charge is 2.14. The van der Waals surface area contributed by atoms with Crippen molar-refractivity contribution in [3.05, 3.63) is 133 Å². The number of imidazole rings is 2. The maximum atomic E-state index is 12.3. The van der Waals surface area contributed by atoms with Gasteiger partial charge in [-0.05, 0) is 48.5 Å². The molecule has 0 saturated carbocycles. The number of fused-ring (bicyclic) bond motifs is 6. The molecule has 8 rings (SSSR count). The lowest BCUT2D eigenvalue weighted by molar-refractivity contribution is 0.101. The lowest BCUT2D eigenvalue weighted by Gasteiger charge is -2.09. The van der Waals surface area contributed by atoms with Gasteiger partial charge in [-0.2, -0.15) is 0 Å². The van der Waals surface area contributed by atoms with E-state index >= 15 is 0 Å². The van der Waals surface area contributed by atoms with E-state index < -0.39 is 0 Å².